The number of piperazine rings is 1. The molecular weight excluding hydrogens is 268 g/mol. The molecule has 1 fully saturated rings. The zero-order valence-corrected chi connectivity index (χ0v) is 13.9. The van der Waals surface area contributed by atoms with E-state index in [4.69, 9.17) is 4.98 Å². The summed E-state index contributed by atoms with van der Waals surface area (Å²) in [5, 5.41) is 4.75. The van der Waals surface area contributed by atoms with Crippen molar-refractivity contribution in [3.8, 4) is 0 Å². The van der Waals surface area contributed by atoms with Gasteiger partial charge in [0.2, 0.25) is 0 Å². The van der Waals surface area contributed by atoms with Crippen LogP contribution in [0.1, 0.15) is 37.3 Å². The van der Waals surface area contributed by atoms with Gasteiger partial charge in [-0.1, -0.05) is 20.3 Å². The molecule has 114 valence electrons. The Bertz CT molecular complexity index is 397. The number of rotatable bonds is 7. The van der Waals surface area contributed by atoms with Gasteiger partial charge in [-0.2, -0.15) is 0 Å². The molecule has 0 spiro atoms. The quantitative estimate of drug-likeness (QED) is 0.783. The monoisotopic (exact) mass is 296 g/mol. The highest BCUT2D eigenvalue weighted by atomic mass is 32.1. The molecule has 0 unspecified atom stereocenters. The fourth-order valence-corrected chi connectivity index (χ4v) is 3.58. The highest BCUT2D eigenvalue weighted by molar-refractivity contribution is 7.15. The van der Waals surface area contributed by atoms with E-state index < -0.39 is 0 Å². The minimum Gasteiger partial charge on any atom is -0.346 e. The Balaban J connectivity index is 2.03. The third kappa shape index (κ3) is 4.17. The number of hydrogen-bond donors (Lipinski definition) is 1. The van der Waals surface area contributed by atoms with Crippen LogP contribution in [0.25, 0.3) is 0 Å². The van der Waals surface area contributed by atoms with Gasteiger partial charge in [0.25, 0.3) is 0 Å². The highest BCUT2D eigenvalue weighted by Gasteiger charge is 2.19. The molecule has 1 aromatic rings. The summed E-state index contributed by atoms with van der Waals surface area (Å²) in [4.78, 5) is 11.2. The third-order valence-electron chi connectivity index (χ3n) is 3.74. The van der Waals surface area contributed by atoms with Crippen LogP contribution in [0.3, 0.4) is 0 Å². The minimum atomic E-state index is 0.981. The summed E-state index contributed by atoms with van der Waals surface area (Å²) in [5.74, 6) is 0. The summed E-state index contributed by atoms with van der Waals surface area (Å²) in [6.07, 6.45) is 3.47. The average molecular weight is 296 g/mol. The number of likely N-dealkylation sites (N-methyl/N-ethyl adjacent to an activating group) is 1. The van der Waals surface area contributed by atoms with E-state index in [0.29, 0.717) is 0 Å². The number of nitrogens with zero attached hydrogens (tertiary/aromatic N) is 3. The Labute approximate surface area is 127 Å². The Hall–Kier alpha value is -0.650. The Kier molecular flexibility index (Phi) is 6.26. The van der Waals surface area contributed by atoms with Crippen molar-refractivity contribution in [1.29, 1.82) is 0 Å². The van der Waals surface area contributed by atoms with Gasteiger partial charge in [-0.3, -0.25) is 0 Å². The maximum absolute atomic E-state index is 4.91. The van der Waals surface area contributed by atoms with E-state index in [1.54, 1.807) is 0 Å². The summed E-state index contributed by atoms with van der Waals surface area (Å²) in [6.45, 7) is 11.0. The Morgan fingerprint density at radius 3 is 2.55 bits per heavy atom. The van der Waals surface area contributed by atoms with E-state index in [1.807, 2.05) is 11.3 Å². The van der Waals surface area contributed by atoms with Crippen LogP contribution in [0.4, 0.5) is 5.13 Å². The van der Waals surface area contributed by atoms with Crippen molar-refractivity contribution in [2.24, 2.45) is 0 Å². The first kappa shape index (κ1) is 15.7. The summed E-state index contributed by atoms with van der Waals surface area (Å²) >= 11 is 1.89. The molecule has 0 saturated carbocycles. The fourth-order valence-electron chi connectivity index (χ4n) is 2.45. The molecule has 2 rings (SSSR count). The lowest BCUT2D eigenvalue weighted by atomic mass is 10.2. The van der Waals surface area contributed by atoms with Gasteiger partial charge in [0.05, 0.1) is 5.69 Å². The Morgan fingerprint density at radius 2 is 1.90 bits per heavy atom. The second kappa shape index (κ2) is 7.96. The largest absolute Gasteiger partial charge is 0.346 e. The lowest BCUT2D eigenvalue weighted by Crippen LogP contribution is -2.44. The fraction of sp³-hybridized carbons (Fsp3) is 0.800. The van der Waals surface area contributed by atoms with Gasteiger partial charge in [0.1, 0.15) is 0 Å². The predicted molar refractivity (Wildman–Crippen MR) is 87.8 cm³/mol. The molecule has 4 nitrogen and oxygen atoms in total. The molecular formula is C15H28N4S. The smallest absolute Gasteiger partial charge is 0.185 e. The summed E-state index contributed by atoms with van der Waals surface area (Å²) in [6, 6.07) is 0. The molecule has 20 heavy (non-hydrogen) atoms. The van der Waals surface area contributed by atoms with Crippen LogP contribution in [0.5, 0.6) is 0 Å². The van der Waals surface area contributed by atoms with Crippen molar-refractivity contribution in [2.45, 2.75) is 39.7 Å². The first-order valence-electron chi connectivity index (χ1n) is 7.87. The van der Waals surface area contributed by atoms with Gasteiger partial charge in [-0.15, -0.1) is 11.3 Å². The lowest BCUT2D eigenvalue weighted by molar-refractivity contribution is 0.312. The predicted octanol–water partition coefficient (Wildman–Crippen LogP) is 2.35. The second-order valence-corrected chi connectivity index (χ2v) is 6.65. The maximum Gasteiger partial charge on any atom is 0.185 e. The summed E-state index contributed by atoms with van der Waals surface area (Å²) in [5.41, 5.74) is 1.31. The van der Waals surface area contributed by atoms with E-state index in [1.165, 1.54) is 28.5 Å². The number of hydrogen-bond acceptors (Lipinski definition) is 5. The minimum absolute atomic E-state index is 0.981. The average Bonchev–Trinajstić information content (AvgIpc) is 2.84. The maximum atomic E-state index is 4.91. The molecule has 1 aliphatic rings. The van der Waals surface area contributed by atoms with Gasteiger partial charge in [-0.05, 0) is 26.4 Å². The van der Waals surface area contributed by atoms with Crippen molar-refractivity contribution in [2.75, 3.05) is 44.7 Å². The van der Waals surface area contributed by atoms with Crippen LogP contribution < -0.4 is 10.2 Å². The molecule has 5 heteroatoms. The number of aromatic nitrogens is 1. The van der Waals surface area contributed by atoms with Gasteiger partial charge in [-0.25, -0.2) is 4.98 Å². The molecule has 0 aliphatic carbocycles. The highest BCUT2D eigenvalue weighted by Crippen LogP contribution is 2.28. The molecule has 1 N–H and O–H groups in total. The topological polar surface area (TPSA) is 31.4 Å². The van der Waals surface area contributed by atoms with Crippen LogP contribution in [0.15, 0.2) is 0 Å². The van der Waals surface area contributed by atoms with Gasteiger partial charge < -0.3 is 15.1 Å². The van der Waals surface area contributed by atoms with E-state index in [0.717, 1.165) is 45.7 Å². The van der Waals surface area contributed by atoms with Crippen molar-refractivity contribution < 1.29 is 0 Å². The normalized spacial score (nSPS) is 16.9. The number of thiazole rings is 1. The van der Waals surface area contributed by atoms with Crippen LogP contribution in [-0.4, -0.2) is 49.7 Å². The van der Waals surface area contributed by atoms with Gasteiger partial charge in [0, 0.05) is 37.6 Å². The number of anilines is 1. The van der Waals surface area contributed by atoms with Crippen LogP contribution in [0.2, 0.25) is 0 Å². The molecule has 0 amide bonds. The second-order valence-electron chi connectivity index (χ2n) is 5.58. The summed E-state index contributed by atoms with van der Waals surface area (Å²) < 4.78 is 0. The van der Waals surface area contributed by atoms with Gasteiger partial charge in [0.15, 0.2) is 5.13 Å². The van der Waals surface area contributed by atoms with Crippen molar-refractivity contribution in [3.63, 3.8) is 0 Å². The zero-order chi connectivity index (χ0) is 14.4. The Morgan fingerprint density at radius 1 is 1.15 bits per heavy atom. The zero-order valence-electron chi connectivity index (χ0n) is 13.1. The van der Waals surface area contributed by atoms with Crippen molar-refractivity contribution in [1.82, 2.24) is 15.2 Å². The molecule has 0 aromatic carbocycles. The van der Waals surface area contributed by atoms with E-state index in [-0.39, 0.29) is 0 Å². The summed E-state index contributed by atoms with van der Waals surface area (Å²) in [7, 11) is 2.20. The third-order valence-corrected chi connectivity index (χ3v) is 4.90. The molecule has 1 aromatic heterocycles. The number of nitrogens with one attached hydrogen (secondary N) is 1. The first-order valence-corrected chi connectivity index (χ1v) is 8.69. The lowest BCUT2D eigenvalue weighted by Gasteiger charge is -2.32. The molecule has 0 atom stereocenters. The van der Waals surface area contributed by atoms with Crippen molar-refractivity contribution in [3.05, 3.63) is 10.6 Å². The van der Waals surface area contributed by atoms with Crippen LogP contribution in [0, 0.1) is 0 Å². The van der Waals surface area contributed by atoms with E-state index >= 15 is 0 Å². The van der Waals surface area contributed by atoms with Gasteiger partial charge >= 0.3 is 0 Å². The first-order chi connectivity index (χ1) is 9.74. The van der Waals surface area contributed by atoms with Crippen LogP contribution in [-0.2, 0) is 13.0 Å². The van der Waals surface area contributed by atoms with E-state index in [9.17, 15) is 0 Å². The standard InChI is InChI=1S/C15H28N4S/c1-4-6-13-14(12-16-7-5-2)20-15(17-13)19-10-8-18(3)9-11-19/h16H,4-12H2,1-3H3. The molecule has 1 aliphatic heterocycles. The SMILES string of the molecule is CCCNCc1sc(N2CCN(C)CC2)nc1CCC. The molecule has 0 bridgehead atoms. The van der Waals surface area contributed by atoms with E-state index in [2.05, 4.69) is 36.0 Å². The van der Waals surface area contributed by atoms with Crippen LogP contribution >= 0.6 is 11.3 Å². The molecule has 1 saturated heterocycles. The molecule has 2 heterocycles. The van der Waals surface area contributed by atoms with Crippen molar-refractivity contribution >= 4 is 16.5 Å². The number of aryl methyl sites for hydroxylation is 1. The molecule has 0 radical (unpaired) electrons.